The minimum Gasteiger partial charge on any atom is -0.466 e. The first kappa shape index (κ1) is 14.4. The molecule has 0 radical (unpaired) electrons. The third-order valence-corrected chi connectivity index (χ3v) is 2.72. The van der Waals surface area contributed by atoms with E-state index in [4.69, 9.17) is 0 Å². The van der Waals surface area contributed by atoms with Crippen LogP contribution in [0.3, 0.4) is 0 Å². The molecule has 0 bridgehead atoms. The number of fused-ring (bicyclic) bond motifs is 1. The second kappa shape index (κ2) is 5.95. The predicted octanol–water partition coefficient (Wildman–Crippen LogP) is 0.498. The Morgan fingerprint density at radius 2 is 1.95 bits per heavy atom. The molecule has 0 fully saturated rings. The zero-order valence-corrected chi connectivity index (χ0v) is 11.4. The molecule has 8 nitrogen and oxygen atoms in total. The molecular weight excluding hydrogens is 278 g/mol. The standard InChI is InChI=1S/C13H13N3O5/c1-20-11(17)6-10(13(19)21-2)14-7-3-4-9-8(5-7)12(18)16-15-9/h3-6,14H,1-2H3,(H2,15,16,18)/b10-6+. The molecule has 0 saturated carbocycles. The molecule has 1 aromatic heterocycles. The minimum absolute atomic E-state index is 0.101. The van der Waals surface area contributed by atoms with Gasteiger partial charge in [-0.05, 0) is 18.2 Å². The van der Waals surface area contributed by atoms with Crippen LogP contribution in [0, 0.1) is 0 Å². The first-order chi connectivity index (χ1) is 10.0. The monoisotopic (exact) mass is 291 g/mol. The predicted molar refractivity (Wildman–Crippen MR) is 74.7 cm³/mol. The zero-order valence-electron chi connectivity index (χ0n) is 11.4. The van der Waals surface area contributed by atoms with E-state index >= 15 is 0 Å². The number of aromatic nitrogens is 2. The summed E-state index contributed by atoms with van der Waals surface area (Å²) in [6.45, 7) is 0. The molecule has 0 aliphatic carbocycles. The van der Waals surface area contributed by atoms with E-state index in [0.29, 0.717) is 16.6 Å². The topological polar surface area (TPSA) is 113 Å². The second-order valence-electron chi connectivity index (χ2n) is 4.04. The fourth-order valence-electron chi connectivity index (χ4n) is 1.70. The maximum atomic E-state index is 11.6. The van der Waals surface area contributed by atoms with Crippen molar-refractivity contribution >= 4 is 28.5 Å². The van der Waals surface area contributed by atoms with Crippen LogP contribution in [0.1, 0.15) is 0 Å². The van der Waals surface area contributed by atoms with Gasteiger partial charge in [-0.3, -0.25) is 15.0 Å². The summed E-state index contributed by atoms with van der Waals surface area (Å²) < 4.78 is 9.04. The minimum atomic E-state index is -0.733. The highest BCUT2D eigenvalue weighted by molar-refractivity contribution is 5.99. The second-order valence-corrected chi connectivity index (χ2v) is 4.04. The van der Waals surface area contributed by atoms with E-state index < -0.39 is 11.9 Å². The quantitative estimate of drug-likeness (QED) is 0.558. The number of anilines is 1. The molecule has 21 heavy (non-hydrogen) atoms. The van der Waals surface area contributed by atoms with Crippen molar-refractivity contribution in [2.75, 3.05) is 19.5 Å². The van der Waals surface area contributed by atoms with Crippen LogP contribution >= 0.6 is 0 Å². The van der Waals surface area contributed by atoms with Crippen molar-refractivity contribution in [1.29, 1.82) is 0 Å². The summed E-state index contributed by atoms with van der Waals surface area (Å²) in [6.07, 6.45) is 0.970. The van der Waals surface area contributed by atoms with E-state index in [0.717, 1.165) is 6.08 Å². The summed E-state index contributed by atoms with van der Waals surface area (Å²) in [7, 11) is 2.38. The van der Waals surface area contributed by atoms with Crippen LogP contribution in [-0.4, -0.2) is 36.4 Å². The number of nitrogens with one attached hydrogen (secondary N) is 3. The van der Waals surface area contributed by atoms with Gasteiger partial charge in [0, 0.05) is 5.69 Å². The largest absolute Gasteiger partial charge is 0.466 e. The van der Waals surface area contributed by atoms with Gasteiger partial charge in [0.1, 0.15) is 5.70 Å². The Hall–Kier alpha value is -3.03. The van der Waals surface area contributed by atoms with Crippen LogP contribution in [0.25, 0.3) is 10.9 Å². The van der Waals surface area contributed by atoms with E-state index in [1.54, 1.807) is 18.2 Å². The summed E-state index contributed by atoms with van der Waals surface area (Å²) in [6, 6.07) is 4.83. The lowest BCUT2D eigenvalue weighted by Crippen LogP contribution is -2.15. The summed E-state index contributed by atoms with van der Waals surface area (Å²) in [5.74, 6) is -1.44. The lowest BCUT2D eigenvalue weighted by molar-refractivity contribution is -0.138. The van der Waals surface area contributed by atoms with Crippen molar-refractivity contribution in [1.82, 2.24) is 10.2 Å². The molecule has 0 amide bonds. The number of rotatable bonds is 4. The van der Waals surface area contributed by atoms with Crippen molar-refractivity contribution in [3.05, 3.63) is 40.3 Å². The van der Waals surface area contributed by atoms with Crippen LogP contribution < -0.4 is 10.9 Å². The maximum Gasteiger partial charge on any atom is 0.354 e. The van der Waals surface area contributed by atoms with Crippen molar-refractivity contribution in [3.8, 4) is 0 Å². The zero-order chi connectivity index (χ0) is 15.4. The van der Waals surface area contributed by atoms with E-state index in [1.165, 1.54) is 14.2 Å². The molecule has 8 heteroatoms. The smallest absolute Gasteiger partial charge is 0.354 e. The Bertz CT molecular complexity index is 771. The summed E-state index contributed by atoms with van der Waals surface area (Å²) in [5, 5.41) is 8.28. The maximum absolute atomic E-state index is 11.6. The molecule has 110 valence electrons. The Balaban J connectivity index is 2.36. The van der Waals surface area contributed by atoms with Gasteiger partial charge in [0.2, 0.25) is 0 Å². The number of benzene rings is 1. The van der Waals surface area contributed by atoms with Crippen molar-refractivity contribution in [3.63, 3.8) is 0 Å². The highest BCUT2D eigenvalue weighted by atomic mass is 16.5. The number of methoxy groups -OCH3 is 2. The fourth-order valence-corrected chi connectivity index (χ4v) is 1.70. The SMILES string of the molecule is COC(=O)/C=C(/Nc1ccc2[nH][nH]c(=O)c2c1)C(=O)OC. The molecule has 0 unspecified atom stereocenters. The van der Waals surface area contributed by atoms with Gasteiger partial charge in [0.25, 0.3) is 5.56 Å². The number of ether oxygens (including phenoxy) is 2. The highest BCUT2D eigenvalue weighted by Gasteiger charge is 2.13. The molecule has 2 aromatic rings. The van der Waals surface area contributed by atoms with Gasteiger partial charge in [0.05, 0.1) is 31.2 Å². The van der Waals surface area contributed by atoms with E-state index in [2.05, 4.69) is 25.0 Å². The third-order valence-electron chi connectivity index (χ3n) is 2.72. The van der Waals surface area contributed by atoms with Crippen LogP contribution in [0.15, 0.2) is 34.8 Å². The summed E-state index contributed by atoms with van der Waals surface area (Å²) in [5.41, 5.74) is 0.691. The first-order valence-electron chi connectivity index (χ1n) is 5.90. The molecule has 0 aliphatic rings. The van der Waals surface area contributed by atoms with Crippen LogP contribution in [0.4, 0.5) is 5.69 Å². The van der Waals surface area contributed by atoms with Crippen LogP contribution in [0.2, 0.25) is 0 Å². The highest BCUT2D eigenvalue weighted by Crippen LogP contribution is 2.16. The number of esters is 2. The van der Waals surface area contributed by atoms with Gasteiger partial charge >= 0.3 is 11.9 Å². The molecule has 0 spiro atoms. The lowest BCUT2D eigenvalue weighted by atomic mass is 10.2. The molecule has 3 N–H and O–H groups in total. The van der Waals surface area contributed by atoms with Crippen LogP contribution in [0.5, 0.6) is 0 Å². The van der Waals surface area contributed by atoms with Crippen molar-refractivity contribution in [2.24, 2.45) is 0 Å². The third kappa shape index (κ3) is 3.11. The van der Waals surface area contributed by atoms with Gasteiger partial charge in [-0.2, -0.15) is 0 Å². The first-order valence-corrected chi connectivity index (χ1v) is 5.90. The number of H-pyrrole nitrogens is 2. The lowest BCUT2D eigenvalue weighted by Gasteiger charge is -2.08. The van der Waals surface area contributed by atoms with E-state index in [9.17, 15) is 14.4 Å². The molecule has 2 rings (SSSR count). The molecule has 0 saturated heterocycles. The summed E-state index contributed by atoms with van der Waals surface area (Å²) >= 11 is 0. The fraction of sp³-hybridized carbons (Fsp3) is 0.154. The van der Waals surface area contributed by atoms with Crippen molar-refractivity contribution in [2.45, 2.75) is 0 Å². The number of hydrogen-bond donors (Lipinski definition) is 3. The molecular formula is C13H13N3O5. The van der Waals surface area contributed by atoms with Gasteiger partial charge in [-0.25, -0.2) is 9.59 Å². The Kier molecular flexibility index (Phi) is 4.07. The van der Waals surface area contributed by atoms with E-state index in [-0.39, 0.29) is 11.3 Å². The molecule has 1 heterocycles. The van der Waals surface area contributed by atoms with Crippen molar-refractivity contribution < 1.29 is 19.1 Å². The average Bonchev–Trinajstić information content (AvgIpc) is 2.86. The average molecular weight is 291 g/mol. The molecule has 0 aliphatic heterocycles. The van der Waals surface area contributed by atoms with Crippen LogP contribution in [-0.2, 0) is 19.1 Å². The number of carbonyl (C=O) groups is 2. The normalized spacial score (nSPS) is 11.2. The van der Waals surface area contributed by atoms with Gasteiger partial charge in [0.15, 0.2) is 0 Å². The van der Waals surface area contributed by atoms with Gasteiger partial charge < -0.3 is 14.8 Å². The van der Waals surface area contributed by atoms with E-state index in [1.807, 2.05) is 0 Å². The molecule has 1 aromatic carbocycles. The van der Waals surface area contributed by atoms with Gasteiger partial charge in [-0.15, -0.1) is 0 Å². The van der Waals surface area contributed by atoms with Gasteiger partial charge in [-0.1, -0.05) is 0 Å². The molecule has 0 atom stereocenters. The Labute approximate surface area is 118 Å². The Morgan fingerprint density at radius 1 is 1.19 bits per heavy atom. The number of hydrogen-bond acceptors (Lipinski definition) is 6. The summed E-state index contributed by atoms with van der Waals surface area (Å²) in [4.78, 5) is 34.4. The Morgan fingerprint density at radius 3 is 2.62 bits per heavy atom. The number of carbonyl (C=O) groups excluding carboxylic acids is 2. The number of aromatic amines is 2.